The Morgan fingerprint density at radius 3 is 2.67 bits per heavy atom. The predicted octanol–water partition coefficient (Wildman–Crippen LogP) is 3.09. The Morgan fingerprint density at radius 2 is 1.89 bits per heavy atom. The third kappa shape index (κ3) is 1.60. The van der Waals surface area contributed by atoms with Crippen LogP contribution in [0, 0.1) is 11.6 Å². The Hall–Kier alpha value is -2.43. The summed E-state index contributed by atoms with van der Waals surface area (Å²) in [7, 11) is 0. The van der Waals surface area contributed by atoms with Crippen molar-refractivity contribution in [3.05, 3.63) is 48.0 Å². The molecule has 0 aliphatic rings. The van der Waals surface area contributed by atoms with Crippen LogP contribution in [0.2, 0.25) is 0 Å². The fourth-order valence-corrected chi connectivity index (χ4v) is 1.92. The van der Waals surface area contributed by atoms with Gasteiger partial charge in [-0.3, -0.25) is 5.10 Å². The van der Waals surface area contributed by atoms with Gasteiger partial charge in [0, 0.05) is 22.7 Å². The number of nitrogens with zero attached hydrogens (tertiary/aromatic N) is 1. The molecule has 3 N–H and O–H groups in total. The van der Waals surface area contributed by atoms with E-state index in [-0.39, 0.29) is 5.56 Å². The monoisotopic (exact) mass is 245 g/mol. The molecule has 0 spiro atoms. The number of nitrogens with one attached hydrogen (secondary N) is 1. The lowest BCUT2D eigenvalue weighted by molar-refractivity contribution is 0.585. The number of fused-ring (bicyclic) bond motifs is 1. The van der Waals surface area contributed by atoms with Crippen molar-refractivity contribution in [2.24, 2.45) is 0 Å². The number of rotatable bonds is 1. The second-order valence-corrected chi connectivity index (χ2v) is 4.00. The molecule has 1 heterocycles. The number of aromatic amines is 1. The van der Waals surface area contributed by atoms with Crippen LogP contribution < -0.4 is 5.73 Å². The van der Waals surface area contributed by atoms with Gasteiger partial charge in [-0.1, -0.05) is 0 Å². The molecular formula is C13H9F2N3. The first-order valence-electron chi connectivity index (χ1n) is 5.34. The molecule has 0 aliphatic heterocycles. The highest BCUT2D eigenvalue weighted by Crippen LogP contribution is 2.29. The number of halogens is 2. The molecule has 90 valence electrons. The van der Waals surface area contributed by atoms with Crippen molar-refractivity contribution in [3.63, 3.8) is 0 Å². The number of anilines is 1. The summed E-state index contributed by atoms with van der Waals surface area (Å²) in [6.07, 6.45) is 0. The van der Waals surface area contributed by atoms with E-state index >= 15 is 0 Å². The third-order valence-electron chi connectivity index (χ3n) is 2.77. The molecule has 3 aromatic rings. The van der Waals surface area contributed by atoms with E-state index in [2.05, 4.69) is 10.2 Å². The summed E-state index contributed by atoms with van der Waals surface area (Å²) in [5, 5.41) is 7.55. The van der Waals surface area contributed by atoms with Crippen LogP contribution in [0.5, 0.6) is 0 Å². The fourth-order valence-electron chi connectivity index (χ4n) is 1.92. The second kappa shape index (κ2) is 3.80. The van der Waals surface area contributed by atoms with Gasteiger partial charge in [0.25, 0.3) is 0 Å². The number of benzene rings is 2. The SMILES string of the molecule is Nc1ccc2[nH]nc(-c3ccc(F)cc3F)c2c1. The van der Waals surface area contributed by atoms with Crippen LogP contribution in [-0.2, 0) is 0 Å². The fraction of sp³-hybridized carbons (Fsp3) is 0. The van der Waals surface area contributed by atoms with E-state index in [9.17, 15) is 8.78 Å². The minimum Gasteiger partial charge on any atom is -0.399 e. The number of nitrogen functional groups attached to an aromatic ring is 1. The summed E-state index contributed by atoms with van der Waals surface area (Å²) in [4.78, 5) is 0. The van der Waals surface area contributed by atoms with Gasteiger partial charge in [-0.25, -0.2) is 8.78 Å². The summed E-state index contributed by atoms with van der Waals surface area (Å²) in [5.41, 5.74) is 7.68. The summed E-state index contributed by atoms with van der Waals surface area (Å²) < 4.78 is 26.6. The first kappa shape index (κ1) is 10.7. The summed E-state index contributed by atoms with van der Waals surface area (Å²) >= 11 is 0. The number of hydrogen-bond donors (Lipinski definition) is 2. The van der Waals surface area contributed by atoms with Gasteiger partial charge in [0.2, 0.25) is 0 Å². The van der Waals surface area contributed by atoms with E-state index in [1.54, 1.807) is 18.2 Å². The Balaban J connectivity index is 2.28. The van der Waals surface area contributed by atoms with Gasteiger partial charge in [0.1, 0.15) is 17.3 Å². The number of aromatic nitrogens is 2. The first-order valence-corrected chi connectivity index (χ1v) is 5.34. The molecule has 3 rings (SSSR count). The molecule has 0 saturated carbocycles. The van der Waals surface area contributed by atoms with Crippen molar-refractivity contribution in [1.82, 2.24) is 10.2 Å². The van der Waals surface area contributed by atoms with E-state index in [0.717, 1.165) is 11.6 Å². The van der Waals surface area contributed by atoms with Crippen LogP contribution >= 0.6 is 0 Å². The predicted molar refractivity (Wildman–Crippen MR) is 65.9 cm³/mol. The van der Waals surface area contributed by atoms with Crippen LogP contribution in [0.25, 0.3) is 22.2 Å². The molecule has 0 bridgehead atoms. The van der Waals surface area contributed by atoms with Gasteiger partial charge in [0.15, 0.2) is 0 Å². The molecule has 5 heteroatoms. The molecule has 0 atom stereocenters. The lowest BCUT2D eigenvalue weighted by atomic mass is 10.1. The van der Waals surface area contributed by atoms with Crippen LogP contribution in [0.3, 0.4) is 0 Å². The Bertz CT molecular complexity index is 734. The normalized spacial score (nSPS) is 11.0. The third-order valence-corrected chi connectivity index (χ3v) is 2.77. The number of hydrogen-bond acceptors (Lipinski definition) is 2. The highest BCUT2D eigenvalue weighted by Gasteiger charge is 2.13. The smallest absolute Gasteiger partial charge is 0.135 e. The van der Waals surface area contributed by atoms with Gasteiger partial charge in [-0.05, 0) is 30.3 Å². The van der Waals surface area contributed by atoms with Crippen molar-refractivity contribution >= 4 is 16.6 Å². The highest BCUT2D eigenvalue weighted by atomic mass is 19.1. The zero-order valence-corrected chi connectivity index (χ0v) is 9.24. The van der Waals surface area contributed by atoms with Gasteiger partial charge < -0.3 is 5.73 Å². The van der Waals surface area contributed by atoms with Crippen molar-refractivity contribution in [2.75, 3.05) is 5.73 Å². The summed E-state index contributed by atoms with van der Waals surface area (Å²) in [6, 6.07) is 8.60. The van der Waals surface area contributed by atoms with Gasteiger partial charge >= 0.3 is 0 Å². The molecular weight excluding hydrogens is 236 g/mol. The zero-order valence-electron chi connectivity index (χ0n) is 9.24. The molecule has 2 aromatic carbocycles. The Labute approximate surface area is 101 Å². The average molecular weight is 245 g/mol. The van der Waals surface area contributed by atoms with E-state index in [1.165, 1.54) is 12.1 Å². The van der Waals surface area contributed by atoms with E-state index in [1.807, 2.05) is 0 Å². The quantitative estimate of drug-likeness (QED) is 0.647. The second-order valence-electron chi connectivity index (χ2n) is 4.00. The molecule has 0 amide bonds. The number of nitrogens with two attached hydrogens (primary N) is 1. The Morgan fingerprint density at radius 1 is 1.06 bits per heavy atom. The summed E-state index contributed by atoms with van der Waals surface area (Å²) in [6.45, 7) is 0. The maximum atomic E-state index is 13.7. The van der Waals surface area contributed by atoms with E-state index in [4.69, 9.17) is 5.73 Å². The first-order chi connectivity index (χ1) is 8.65. The lowest BCUT2D eigenvalue weighted by Gasteiger charge is -2.01. The lowest BCUT2D eigenvalue weighted by Crippen LogP contribution is -1.88. The largest absolute Gasteiger partial charge is 0.399 e. The molecule has 1 aromatic heterocycles. The van der Waals surface area contributed by atoms with Crippen LogP contribution in [0.4, 0.5) is 14.5 Å². The topological polar surface area (TPSA) is 54.7 Å². The summed E-state index contributed by atoms with van der Waals surface area (Å²) in [5.74, 6) is -1.26. The molecule has 0 unspecified atom stereocenters. The van der Waals surface area contributed by atoms with Crippen molar-refractivity contribution in [2.45, 2.75) is 0 Å². The molecule has 0 fully saturated rings. The van der Waals surface area contributed by atoms with Crippen molar-refractivity contribution in [3.8, 4) is 11.3 Å². The standard InChI is InChI=1S/C13H9F2N3/c14-7-1-3-9(11(15)5-7)13-10-6-8(16)2-4-12(10)17-18-13/h1-6H,16H2,(H,17,18). The highest BCUT2D eigenvalue weighted by molar-refractivity contribution is 5.94. The maximum Gasteiger partial charge on any atom is 0.135 e. The molecule has 0 saturated heterocycles. The molecule has 3 nitrogen and oxygen atoms in total. The minimum absolute atomic E-state index is 0.244. The minimum atomic E-state index is -0.647. The van der Waals surface area contributed by atoms with Gasteiger partial charge in [-0.2, -0.15) is 5.10 Å². The molecule has 0 aliphatic carbocycles. The number of H-pyrrole nitrogens is 1. The van der Waals surface area contributed by atoms with E-state index in [0.29, 0.717) is 16.8 Å². The zero-order chi connectivity index (χ0) is 12.7. The molecule has 18 heavy (non-hydrogen) atoms. The van der Waals surface area contributed by atoms with Crippen molar-refractivity contribution < 1.29 is 8.78 Å². The van der Waals surface area contributed by atoms with E-state index < -0.39 is 11.6 Å². The van der Waals surface area contributed by atoms with Crippen LogP contribution in [0.1, 0.15) is 0 Å². The van der Waals surface area contributed by atoms with Crippen molar-refractivity contribution in [1.29, 1.82) is 0 Å². The van der Waals surface area contributed by atoms with Gasteiger partial charge in [0.05, 0.1) is 5.52 Å². The van der Waals surface area contributed by atoms with Crippen LogP contribution in [0.15, 0.2) is 36.4 Å². The maximum absolute atomic E-state index is 13.7. The molecule has 0 radical (unpaired) electrons. The average Bonchev–Trinajstić information content (AvgIpc) is 2.72. The Kier molecular flexibility index (Phi) is 2.26. The van der Waals surface area contributed by atoms with Gasteiger partial charge in [-0.15, -0.1) is 0 Å². The van der Waals surface area contributed by atoms with Crippen LogP contribution in [-0.4, -0.2) is 10.2 Å².